The van der Waals surface area contributed by atoms with Crippen LogP contribution in [0.4, 0.5) is 0 Å². The van der Waals surface area contributed by atoms with Gasteiger partial charge in [0.05, 0.1) is 12.8 Å². The summed E-state index contributed by atoms with van der Waals surface area (Å²) >= 11 is 11.8. The Hall–Kier alpha value is -0.660. The molecule has 5 nitrogen and oxygen atoms in total. The molecule has 0 saturated heterocycles. The smallest absolute Gasteiger partial charge is 0.297 e. The predicted molar refractivity (Wildman–Crippen MR) is 103 cm³/mol. The molecule has 0 amide bonds. The van der Waals surface area contributed by atoms with Gasteiger partial charge in [0.15, 0.2) is 5.11 Å². The van der Waals surface area contributed by atoms with Gasteiger partial charge in [0, 0.05) is 5.75 Å². The molecule has 0 aliphatic rings. The van der Waals surface area contributed by atoms with Crippen LogP contribution in [0.25, 0.3) is 0 Å². The van der Waals surface area contributed by atoms with Gasteiger partial charge in [-0.15, -0.1) is 0 Å². The summed E-state index contributed by atoms with van der Waals surface area (Å²) in [5.74, 6) is 1.62. The van der Waals surface area contributed by atoms with Crippen molar-refractivity contribution in [2.75, 3.05) is 12.4 Å². The number of hydrogen-bond acceptors (Lipinski definition) is 6. The molecule has 1 unspecified atom stereocenters. The van der Waals surface area contributed by atoms with E-state index in [1.807, 2.05) is 31.2 Å². The number of hydrogen-bond donors (Lipinski definition) is 2. The van der Waals surface area contributed by atoms with Crippen LogP contribution >= 0.6 is 29.3 Å². The molecule has 22 heavy (non-hydrogen) atoms. The van der Waals surface area contributed by atoms with Gasteiger partial charge >= 0.3 is 0 Å². The zero-order chi connectivity index (χ0) is 16.4. The van der Waals surface area contributed by atoms with Gasteiger partial charge in [-0.3, -0.25) is 5.43 Å². The molecule has 0 saturated carbocycles. The Balaban J connectivity index is 2.70. The van der Waals surface area contributed by atoms with Gasteiger partial charge in [-0.05, 0) is 67.2 Å². The van der Waals surface area contributed by atoms with Crippen LogP contribution in [0.15, 0.2) is 29.4 Å². The van der Waals surface area contributed by atoms with Crippen molar-refractivity contribution in [3.05, 3.63) is 29.8 Å². The first-order valence-corrected chi connectivity index (χ1v) is 11.4. The minimum absolute atomic E-state index is 0.126. The summed E-state index contributed by atoms with van der Waals surface area (Å²) in [5, 5.41) is 4.02. The molecule has 9 heteroatoms. The first-order valence-electron chi connectivity index (χ1n) is 6.76. The van der Waals surface area contributed by atoms with E-state index in [2.05, 4.69) is 29.7 Å². The predicted octanol–water partition coefficient (Wildman–Crippen LogP) is 3.64. The Labute approximate surface area is 145 Å². The van der Waals surface area contributed by atoms with Crippen molar-refractivity contribution in [2.24, 2.45) is 10.8 Å². The lowest BCUT2D eigenvalue weighted by atomic mass is 10.2. The molecule has 1 rings (SSSR count). The molecule has 1 aromatic carbocycles. The van der Waals surface area contributed by atoms with E-state index in [-0.39, 0.29) is 5.11 Å². The van der Waals surface area contributed by atoms with Crippen LogP contribution in [-0.2, 0) is 16.3 Å². The summed E-state index contributed by atoms with van der Waals surface area (Å²) in [4.78, 5) is 0. The normalized spacial score (nSPS) is 13.7. The number of hydrazone groups is 1. The van der Waals surface area contributed by atoms with E-state index in [1.54, 1.807) is 17.6 Å². The van der Waals surface area contributed by atoms with E-state index in [9.17, 15) is 0 Å². The molecule has 0 heterocycles. The summed E-state index contributed by atoms with van der Waals surface area (Å²) < 4.78 is 11.6. The average Bonchev–Trinajstić information content (AvgIpc) is 2.47. The van der Waals surface area contributed by atoms with Crippen LogP contribution in [0.5, 0.6) is 5.75 Å². The monoisotopic (exact) mass is 377 g/mol. The minimum atomic E-state index is -2.34. The van der Waals surface area contributed by atoms with Crippen LogP contribution < -0.4 is 15.7 Å². The third-order valence-electron chi connectivity index (χ3n) is 2.23. The summed E-state index contributed by atoms with van der Waals surface area (Å²) in [5.41, 5.74) is 6.33. The standard InChI is InChI=1S/C13H20N3O2PS3/c1-3-9-22-19(21,17-4-2)18-12-7-5-11(6-8-12)10-15-16-13(14)20/h5-8,10H,3-4,9H2,1-2H3,(H3,14,16,20). The molecule has 1 atom stereocenters. The van der Waals surface area contributed by atoms with E-state index >= 15 is 0 Å². The number of nitrogens with zero attached hydrogens (tertiary/aromatic N) is 1. The lowest BCUT2D eigenvalue weighted by Gasteiger charge is -2.21. The summed E-state index contributed by atoms with van der Waals surface area (Å²) in [6, 6.07) is 7.43. The fourth-order valence-electron chi connectivity index (χ4n) is 1.37. The second kappa shape index (κ2) is 10.2. The van der Waals surface area contributed by atoms with Crippen molar-refractivity contribution >= 4 is 52.4 Å². The summed E-state index contributed by atoms with van der Waals surface area (Å²) in [6.45, 7) is 4.57. The lowest BCUT2D eigenvalue weighted by molar-refractivity contribution is 0.344. The second-order valence-electron chi connectivity index (χ2n) is 4.09. The van der Waals surface area contributed by atoms with Crippen molar-refractivity contribution in [3.8, 4) is 5.75 Å². The maximum Gasteiger partial charge on any atom is 0.297 e. The third-order valence-corrected chi connectivity index (χ3v) is 7.76. The molecule has 0 aromatic heterocycles. The highest BCUT2D eigenvalue weighted by molar-refractivity contribution is 8.68. The molecule has 0 radical (unpaired) electrons. The second-order valence-corrected chi connectivity index (χ2v) is 10.9. The number of nitrogens with two attached hydrogens (primary N) is 1. The zero-order valence-corrected chi connectivity index (χ0v) is 15.9. The van der Waals surface area contributed by atoms with Gasteiger partial charge in [0.1, 0.15) is 5.75 Å². The van der Waals surface area contributed by atoms with Gasteiger partial charge in [0.25, 0.3) is 5.69 Å². The molecule has 0 bridgehead atoms. The highest BCUT2D eigenvalue weighted by atomic mass is 32.9. The molecular formula is C13H20N3O2PS3. The van der Waals surface area contributed by atoms with Crippen LogP contribution in [-0.4, -0.2) is 23.7 Å². The average molecular weight is 377 g/mol. The Morgan fingerprint density at radius 3 is 2.64 bits per heavy atom. The lowest BCUT2D eigenvalue weighted by Crippen LogP contribution is -2.23. The third kappa shape index (κ3) is 7.56. The minimum Gasteiger partial charge on any atom is -0.436 e. The van der Waals surface area contributed by atoms with Gasteiger partial charge in [-0.25, -0.2) is 0 Å². The molecule has 0 spiro atoms. The van der Waals surface area contributed by atoms with Gasteiger partial charge < -0.3 is 14.8 Å². The van der Waals surface area contributed by atoms with Crippen molar-refractivity contribution < 1.29 is 9.05 Å². The molecule has 0 aliphatic heterocycles. The largest absolute Gasteiger partial charge is 0.436 e. The molecule has 3 N–H and O–H groups in total. The van der Waals surface area contributed by atoms with Gasteiger partial charge in [-0.2, -0.15) is 5.10 Å². The van der Waals surface area contributed by atoms with E-state index in [0.717, 1.165) is 17.7 Å². The first-order chi connectivity index (χ1) is 10.5. The quantitative estimate of drug-likeness (QED) is 0.295. The number of nitrogens with one attached hydrogen (secondary N) is 1. The summed E-state index contributed by atoms with van der Waals surface area (Å²) in [7, 11) is 0. The molecular weight excluding hydrogens is 357 g/mol. The van der Waals surface area contributed by atoms with E-state index in [0.29, 0.717) is 12.4 Å². The molecule has 1 aromatic rings. The highest BCUT2D eigenvalue weighted by Gasteiger charge is 2.20. The van der Waals surface area contributed by atoms with Crippen molar-refractivity contribution in [1.82, 2.24) is 5.43 Å². The van der Waals surface area contributed by atoms with E-state index in [1.165, 1.54) is 0 Å². The van der Waals surface area contributed by atoms with Crippen LogP contribution in [0, 0.1) is 0 Å². The van der Waals surface area contributed by atoms with E-state index < -0.39 is 5.69 Å². The van der Waals surface area contributed by atoms with Crippen LogP contribution in [0.3, 0.4) is 0 Å². The summed E-state index contributed by atoms with van der Waals surface area (Å²) in [6.07, 6.45) is 2.65. The maximum atomic E-state index is 5.91. The zero-order valence-electron chi connectivity index (χ0n) is 12.5. The molecule has 0 aliphatic carbocycles. The van der Waals surface area contributed by atoms with Gasteiger partial charge in [-0.1, -0.05) is 18.3 Å². The fourth-order valence-corrected chi connectivity index (χ4v) is 6.12. The Bertz CT molecular complexity index is 552. The molecule has 122 valence electrons. The van der Waals surface area contributed by atoms with Crippen LogP contribution in [0.1, 0.15) is 25.8 Å². The Morgan fingerprint density at radius 2 is 2.09 bits per heavy atom. The number of thiocarbonyl (C=S) groups is 1. The number of benzene rings is 1. The van der Waals surface area contributed by atoms with Crippen LogP contribution in [0.2, 0.25) is 0 Å². The number of rotatable bonds is 9. The maximum absolute atomic E-state index is 5.91. The Kier molecular flexibility index (Phi) is 8.97. The van der Waals surface area contributed by atoms with Crippen molar-refractivity contribution in [2.45, 2.75) is 20.3 Å². The van der Waals surface area contributed by atoms with Crippen molar-refractivity contribution in [3.63, 3.8) is 0 Å². The van der Waals surface area contributed by atoms with Crippen molar-refractivity contribution in [1.29, 1.82) is 0 Å². The van der Waals surface area contributed by atoms with E-state index in [4.69, 9.17) is 26.6 Å². The molecule has 0 fully saturated rings. The Morgan fingerprint density at radius 1 is 1.41 bits per heavy atom. The topological polar surface area (TPSA) is 68.9 Å². The van der Waals surface area contributed by atoms with Gasteiger partial charge in [0.2, 0.25) is 0 Å². The fraction of sp³-hybridized carbons (Fsp3) is 0.385. The first kappa shape index (κ1) is 19.4. The SMILES string of the molecule is CCCSP(=S)(OCC)Oc1ccc(C=NNC(N)=S)cc1. The highest BCUT2D eigenvalue weighted by Crippen LogP contribution is 2.60.